The van der Waals surface area contributed by atoms with E-state index in [-0.39, 0.29) is 5.41 Å². The first kappa shape index (κ1) is 29.5. The Kier molecular flexibility index (Phi) is 6.53. The zero-order valence-corrected chi connectivity index (χ0v) is 28.4. The van der Waals surface area contributed by atoms with E-state index in [1.54, 1.807) is 0 Å². The molecule has 0 unspecified atom stereocenters. The normalized spacial score (nSPS) is 13.1. The maximum Gasteiger partial charge on any atom is 0.164 e. The Morgan fingerprint density at radius 2 is 0.922 bits per heavy atom. The minimum Gasteiger partial charge on any atom is -0.208 e. The minimum absolute atomic E-state index is 0.0731. The molecule has 3 heteroatoms. The molecule has 1 aromatic heterocycles. The largest absolute Gasteiger partial charge is 0.208 e. The minimum atomic E-state index is -0.0731. The van der Waals surface area contributed by atoms with Gasteiger partial charge in [0.15, 0.2) is 17.5 Å². The average molecular weight is 652 g/mol. The molecule has 0 atom stereocenters. The van der Waals surface area contributed by atoms with Crippen LogP contribution in [0.15, 0.2) is 164 Å². The summed E-state index contributed by atoms with van der Waals surface area (Å²) in [7, 11) is 0. The van der Waals surface area contributed by atoms with E-state index in [0.29, 0.717) is 17.5 Å². The second kappa shape index (κ2) is 11.3. The zero-order chi connectivity index (χ0) is 34.1. The van der Waals surface area contributed by atoms with Crippen LogP contribution >= 0.6 is 0 Å². The summed E-state index contributed by atoms with van der Waals surface area (Å²) in [5.74, 6) is 1.97. The van der Waals surface area contributed by atoms with Crippen LogP contribution in [0.4, 0.5) is 0 Å². The van der Waals surface area contributed by atoms with Gasteiger partial charge in [0.05, 0.1) is 0 Å². The molecule has 51 heavy (non-hydrogen) atoms. The van der Waals surface area contributed by atoms with Gasteiger partial charge < -0.3 is 0 Å². The molecule has 1 heterocycles. The molecule has 0 radical (unpaired) electrons. The highest BCUT2D eigenvalue weighted by Gasteiger charge is 2.36. The monoisotopic (exact) mass is 651 g/mol. The van der Waals surface area contributed by atoms with Gasteiger partial charge in [-0.2, -0.15) is 0 Å². The van der Waals surface area contributed by atoms with Crippen molar-refractivity contribution in [1.82, 2.24) is 15.0 Å². The zero-order valence-electron chi connectivity index (χ0n) is 28.4. The quantitative estimate of drug-likeness (QED) is 0.178. The number of benzene rings is 8. The lowest BCUT2D eigenvalue weighted by atomic mass is 9.79. The van der Waals surface area contributed by atoms with Crippen molar-refractivity contribution < 1.29 is 0 Å². The van der Waals surface area contributed by atoms with Gasteiger partial charge in [-0.3, -0.25) is 0 Å². The lowest BCUT2D eigenvalue weighted by Gasteiger charge is -2.23. The molecule has 0 N–H and O–H groups in total. The third kappa shape index (κ3) is 4.62. The van der Waals surface area contributed by atoms with Gasteiger partial charge in [0, 0.05) is 22.1 Å². The van der Waals surface area contributed by atoms with Crippen LogP contribution in [0, 0.1) is 0 Å². The predicted octanol–water partition coefficient (Wildman–Crippen LogP) is 12.3. The van der Waals surface area contributed by atoms with E-state index >= 15 is 0 Å². The molecule has 240 valence electrons. The van der Waals surface area contributed by atoms with Gasteiger partial charge in [0.2, 0.25) is 0 Å². The number of rotatable bonds is 4. The SMILES string of the molecule is CC1(C)c2ccccc2-c2ccc3c(ccc4ccc5cc(-c6ccccc6-c6nc(-c7ccccc7)nc(-c7ccccc7)n6)ccc5c43)c21. The molecule has 0 saturated carbocycles. The molecule has 0 fully saturated rings. The summed E-state index contributed by atoms with van der Waals surface area (Å²) in [6.45, 7) is 4.73. The van der Waals surface area contributed by atoms with Crippen LogP contribution in [-0.4, -0.2) is 15.0 Å². The molecular weight excluding hydrogens is 619 g/mol. The van der Waals surface area contributed by atoms with Crippen molar-refractivity contribution in [3.63, 3.8) is 0 Å². The van der Waals surface area contributed by atoms with Crippen LogP contribution in [0.25, 0.3) is 88.7 Å². The molecule has 10 rings (SSSR count). The van der Waals surface area contributed by atoms with Crippen LogP contribution in [-0.2, 0) is 5.41 Å². The second-order valence-electron chi connectivity index (χ2n) is 14.0. The van der Waals surface area contributed by atoms with E-state index < -0.39 is 0 Å². The number of nitrogens with zero attached hydrogens (tertiary/aromatic N) is 3. The van der Waals surface area contributed by atoms with Crippen LogP contribution in [0.5, 0.6) is 0 Å². The number of hydrogen-bond donors (Lipinski definition) is 0. The van der Waals surface area contributed by atoms with Crippen LogP contribution < -0.4 is 0 Å². The van der Waals surface area contributed by atoms with Gasteiger partial charge in [-0.15, -0.1) is 0 Å². The summed E-state index contributed by atoms with van der Waals surface area (Å²) in [6, 6.07) is 58.3. The maximum absolute atomic E-state index is 5.06. The molecule has 0 spiro atoms. The summed E-state index contributed by atoms with van der Waals surface area (Å²) in [4.78, 5) is 15.0. The van der Waals surface area contributed by atoms with Crippen molar-refractivity contribution in [3.05, 3.63) is 175 Å². The molecule has 0 amide bonds. The van der Waals surface area contributed by atoms with Gasteiger partial charge in [-0.1, -0.05) is 172 Å². The van der Waals surface area contributed by atoms with Gasteiger partial charge in [0.25, 0.3) is 0 Å². The summed E-state index contributed by atoms with van der Waals surface area (Å²) >= 11 is 0. The molecule has 0 aliphatic heterocycles. The Labute approximate surface area is 297 Å². The molecule has 0 saturated heterocycles. The van der Waals surface area contributed by atoms with Crippen LogP contribution in [0.1, 0.15) is 25.0 Å². The van der Waals surface area contributed by atoms with Crippen LogP contribution in [0.3, 0.4) is 0 Å². The first-order valence-electron chi connectivity index (χ1n) is 17.5. The smallest absolute Gasteiger partial charge is 0.164 e. The fourth-order valence-corrected chi connectivity index (χ4v) is 8.29. The van der Waals surface area contributed by atoms with Gasteiger partial charge in [0.1, 0.15) is 0 Å². The number of fused-ring (bicyclic) bond motifs is 9. The molecule has 8 aromatic carbocycles. The Hall–Kier alpha value is -6.45. The van der Waals surface area contributed by atoms with Crippen molar-refractivity contribution >= 4 is 32.3 Å². The van der Waals surface area contributed by atoms with E-state index in [2.05, 4.69) is 117 Å². The summed E-state index contributed by atoms with van der Waals surface area (Å²) < 4.78 is 0. The molecule has 0 bridgehead atoms. The first-order chi connectivity index (χ1) is 25.0. The topological polar surface area (TPSA) is 38.7 Å². The molecule has 3 nitrogen and oxygen atoms in total. The van der Waals surface area contributed by atoms with Crippen molar-refractivity contribution in [2.24, 2.45) is 0 Å². The van der Waals surface area contributed by atoms with Gasteiger partial charge in [-0.05, 0) is 71.8 Å². The summed E-state index contributed by atoms with van der Waals surface area (Å²) in [5, 5.41) is 7.65. The second-order valence-corrected chi connectivity index (χ2v) is 14.0. The summed E-state index contributed by atoms with van der Waals surface area (Å²) in [5.41, 5.74) is 10.5. The summed E-state index contributed by atoms with van der Waals surface area (Å²) in [6.07, 6.45) is 0. The fraction of sp³-hybridized carbons (Fsp3) is 0.0625. The van der Waals surface area contributed by atoms with E-state index in [1.807, 2.05) is 60.7 Å². The lowest BCUT2D eigenvalue weighted by Crippen LogP contribution is -2.15. The lowest BCUT2D eigenvalue weighted by molar-refractivity contribution is 0.666. The van der Waals surface area contributed by atoms with Crippen molar-refractivity contribution in [2.45, 2.75) is 19.3 Å². The van der Waals surface area contributed by atoms with Crippen LogP contribution in [0.2, 0.25) is 0 Å². The first-order valence-corrected chi connectivity index (χ1v) is 17.5. The standard InChI is InChI=1S/C48H33N3/c1-48(2)42-20-12-11-18-37(42)39-28-27-38-40(44(39)48)26-23-30-21-22-34-29-33(24-25-36(34)43(30)38)35-17-9-10-19-41(35)47-50-45(31-13-5-3-6-14-31)49-46(51-47)32-15-7-4-8-16-32/h3-29H,1-2H3. The third-order valence-electron chi connectivity index (χ3n) is 10.7. The van der Waals surface area contributed by atoms with Crippen molar-refractivity contribution in [3.8, 4) is 56.4 Å². The highest BCUT2D eigenvalue weighted by Crippen LogP contribution is 2.52. The van der Waals surface area contributed by atoms with E-state index in [9.17, 15) is 0 Å². The third-order valence-corrected chi connectivity index (χ3v) is 10.7. The Balaban J connectivity index is 1.14. The molecule has 9 aromatic rings. The molecule has 1 aliphatic rings. The van der Waals surface area contributed by atoms with Gasteiger partial charge in [-0.25, -0.2) is 15.0 Å². The predicted molar refractivity (Wildman–Crippen MR) is 212 cm³/mol. The van der Waals surface area contributed by atoms with E-state index in [4.69, 9.17) is 15.0 Å². The number of aromatic nitrogens is 3. The Morgan fingerprint density at radius 1 is 0.373 bits per heavy atom. The number of hydrogen-bond acceptors (Lipinski definition) is 3. The highest BCUT2D eigenvalue weighted by molar-refractivity contribution is 6.22. The Bertz CT molecular complexity index is 2760. The molecular formula is C48H33N3. The maximum atomic E-state index is 5.06. The highest BCUT2D eigenvalue weighted by atomic mass is 15.0. The van der Waals surface area contributed by atoms with Gasteiger partial charge >= 0.3 is 0 Å². The van der Waals surface area contributed by atoms with Crippen molar-refractivity contribution in [1.29, 1.82) is 0 Å². The van der Waals surface area contributed by atoms with E-state index in [0.717, 1.165) is 27.8 Å². The molecule has 1 aliphatic carbocycles. The Morgan fingerprint density at radius 3 is 1.65 bits per heavy atom. The van der Waals surface area contributed by atoms with E-state index in [1.165, 1.54) is 54.6 Å². The fourth-order valence-electron chi connectivity index (χ4n) is 8.29. The average Bonchev–Trinajstić information content (AvgIpc) is 3.44. The van der Waals surface area contributed by atoms with Crippen molar-refractivity contribution in [2.75, 3.05) is 0 Å².